The maximum absolute atomic E-state index is 6.00. The molecule has 0 heterocycles. The highest BCUT2D eigenvalue weighted by Gasteiger charge is 2.24. The van der Waals surface area contributed by atoms with E-state index in [0.29, 0.717) is 0 Å². The summed E-state index contributed by atoms with van der Waals surface area (Å²) in [4.78, 5) is 0. The molecule has 0 aromatic heterocycles. The molecule has 0 saturated carbocycles. The Hall–Kier alpha value is -0.0800. The quantitative estimate of drug-likeness (QED) is 0.298. The number of ether oxygens (including phenoxy) is 2. The van der Waals surface area contributed by atoms with Gasteiger partial charge in [-0.2, -0.15) is 0 Å². The first kappa shape index (κ1) is 18.9. The lowest BCUT2D eigenvalue weighted by Crippen LogP contribution is -2.33. The topological polar surface area (TPSA) is 18.5 Å². The van der Waals surface area contributed by atoms with E-state index in [2.05, 4.69) is 27.7 Å². The average molecular weight is 272 g/mol. The highest BCUT2D eigenvalue weighted by molar-refractivity contribution is 4.64. The van der Waals surface area contributed by atoms with Crippen molar-refractivity contribution in [1.82, 2.24) is 0 Å². The lowest BCUT2D eigenvalue weighted by Gasteiger charge is -2.30. The molecule has 0 aliphatic rings. The van der Waals surface area contributed by atoms with E-state index in [4.69, 9.17) is 9.47 Å². The molecule has 0 rings (SSSR count). The first-order chi connectivity index (χ1) is 9.18. The van der Waals surface area contributed by atoms with Gasteiger partial charge in [0.25, 0.3) is 0 Å². The second-order valence-electron chi connectivity index (χ2n) is 5.70. The van der Waals surface area contributed by atoms with Crippen LogP contribution in [0.15, 0.2) is 0 Å². The van der Waals surface area contributed by atoms with E-state index in [1.54, 1.807) is 0 Å². The lowest BCUT2D eigenvalue weighted by molar-refractivity contribution is -0.230. The molecule has 0 unspecified atom stereocenters. The number of rotatable bonds is 14. The van der Waals surface area contributed by atoms with E-state index in [0.717, 1.165) is 32.5 Å². The minimum atomic E-state index is -0.351. The summed E-state index contributed by atoms with van der Waals surface area (Å²) in [6, 6.07) is 0. The molecule has 0 N–H and O–H groups in total. The minimum absolute atomic E-state index is 0.351. The molecular weight excluding hydrogens is 236 g/mol. The molecule has 19 heavy (non-hydrogen) atoms. The summed E-state index contributed by atoms with van der Waals surface area (Å²) in [7, 11) is 0. The van der Waals surface area contributed by atoms with Gasteiger partial charge in [0.1, 0.15) is 0 Å². The summed E-state index contributed by atoms with van der Waals surface area (Å²) < 4.78 is 12.0. The van der Waals surface area contributed by atoms with Crippen LogP contribution in [0.1, 0.15) is 91.9 Å². The van der Waals surface area contributed by atoms with Crippen LogP contribution in [-0.2, 0) is 9.47 Å². The highest BCUT2D eigenvalue weighted by atomic mass is 16.7. The van der Waals surface area contributed by atoms with Crippen molar-refractivity contribution in [3.05, 3.63) is 0 Å². The van der Waals surface area contributed by atoms with Crippen LogP contribution >= 0.6 is 0 Å². The van der Waals surface area contributed by atoms with Crippen LogP contribution in [0.25, 0.3) is 0 Å². The van der Waals surface area contributed by atoms with Gasteiger partial charge >= 0.3 is 0 Å². The summed E-state index contributed by atoms with van der Waals surface area (Å²) in [6.45, 7) is 10.4. The van der Waals surface area contributed by atoms with Gasteiger partial charge in [-0.3, -0.25) is 0 Å². The lowest BCUT2D eigenvalue weighted by atomic mass is 10.1. The van der Waals surface area contributed by atoms with Crippen LogP contribution in [0.3, 0.4) is 0 Å². The van der Waals surface area contributed by atoms with Crippen LogP contribution in [0.4, 0.5) is 0 Å². The summed E-state index contributed by atoms with van der Waals surface area (Å²) in [5.41, 5.74) is 0. The Morgan fingerprint density at radius 1 is 0.632 bits per heavy atom. The molecule has 0 radical (unpaired) electrons. The van der Waals surface area contributed by atoms with Crippen LogP contribution in [0.5, 0.6) is 0 Å². The fourth-order valence-electron chi connectivity index (χ4n) is 2.10. The maximum atomic E-state index is 6.00. The van der Waals surface area contributed by atoms with Gasteiger partial charge < -0.3 is 9.47 Å². The molecule has 0 aromatic carbocycles. The third kappa shape index (κ3) is 11.4. The number of hydrogen-bond acceptors (Lipinski definition) is 2. The van der Waals surface area contributed by atoms with Crippen LogP contribution in [-0.4, -0.2) is 19.0 Å². The van der Waals surface area contributed by atoms with Crippen molar-refractivity contribution < 1.29 is 9.47 Å². The monoisotopic (exact) mass is 272 g/mol. The molecule has 116 valence electrons. The van der Waals surface area contributed by atoms with E-state index in [1.807, 2.05) is 0 Å². The van der Waals surface area contributed by atoms with Gasteiger partial charge in [-0.1, -0.05) is 59.3 Å². The van der Waals surface area contributed by atoms with Crippen molar-refractivity contribution in [2.45, 2.75) is 97.7 Å². The average Bonchev–Trinajstić information content (AvgIpc) is 2.39. The molecule has 0 aliphatic heterocycles. The van der Waals surface area contributed by atoms with Crippen LogP contribution < -0.4 is 0 Å². The summed E-state index contributed by atoms with van der Waals surface area (Å²) in [6.07, 6.45) is 12.2. The predicted octanol–water partition coefficient (Wildman–Crippen LogP) is 5.70. The smallest absolute Gasteiger partial charge is 0.165 e. The Kier molecular flexibility index (Phi) is 12.9. The third-order valence-corrected chi connectivity index (χ3v) is 3.55. The second-order valence-corrected chi connectivity index (χ2v) is 5.70. The Labute approximate surface area is 121 Å². The maximum Gasteiger partial charge on any atom is 0.165 e. The van der Waals surface area contributed by atoms with Crippen molar-refractivity contribution in [2.75, 3.05) is 13.2 Å². The summed E-state index contributed by atoms with van der Waals surface area (Å²) in [5, 5.41) is 0. The Bertz CT molecular complexity index is 170. The molecule has 2 nitrogen and oxygen atoms in total. The van der Waals surface area contributed by atoms with Gasteiger partial charge in [0, 0.05) is 19.6 Å². The Balaban J connectivity index is 3.92. The first-order valence-corrected chi connectivity index (χ1v) is 8.46. The van der Waals surface area contributed by atoms with Crippen LogP contribution in [0, 0.1) is 0 Å². The van der Waals surface area contributed by atoms with Crippen molar-refractivity contribution >= 4 is 0 Å². The Morgan fingerprint density at radius 3 is 1.58 bits per heavy atom. The van der Waals surface area contributed by atoms with E-state index in [-0.39, 0.29) is 5.79 Å². The minimum Gasteiger partial charge on any atom is -0.350 e. The molecule has 0 spiro atoms. The fourth-order valence-corrected chi connectivity index (χ4v) is 2.10. The molecule has 0 bridgehead atoms. The molecule has 0 atom stereocenters. The zero-order valence-electron chi connectivity index (χ0n) is 13.8. The van der Waals surface area contributed by atoms with E-state index >= 15 is 0 Å². The van der Waals surface area contributed by atoms with E-state index in [9.17, 15) is 0 Å². The zero-order valence-corrected chi connectivity index (χ0v) is 13.8. The van der Waals surface area contributed by atoms with Crippen molar-refractivity contribution in [2.24, 2.45) is 0 Å². The van der Waals surface area contributed by atoms with Gasteiger partial charge in [0.15, 0.2) is 5.79 Å². The predicted molar refractivity (Wildman–Crippen MR) is 83.5 cm³/mol. The molecule has 0 fully saturated rings. The standard InChI is InChI=1S/C17H36O2/c1-5-8-11-12-13-14-17(4,18-15-9-6-2)19-16-10-7-3/h5-16H2,1-4H3. The number of unbranched alkanes of at least 4 members (excludes halogenated alkanes) is 6. The van der Waals surface area contributed by atoms with Gasteiger partial charge in [0.2, 0.25) is 0 Å². The molecule has 0 aromatic rings. The molecular formula is C17H36O2. The Morgan fingerprint density at radius 2 is 1.11 bits per heavy atom. The number of hydrogen-bond donors (Lipinski definition) is 0. The van der Waals surface area contributed by atoms with Crippen molar-refractivity contribution in [3.8, 4) is 0 Å². The van der Waals surface area contributed by atoms with Gasteiger partial charge in [0.05, 0.1) is 0 Å². The fraction of sp³-hybridized carbons (Fsp3) is 1.00. The van der Waals surface area contributed by atoms with E-state index in [1.165, 1.54) is 44.9 Å². The second kappa shape index (κ2) is 12.9. The molecule has 0 saturated heterocycles. The van der Waals surface area contributed by atoms with E-state index < -0.39 is 0 Å². The third-order valence-electron chi connectivity index (χ3n) is 3.55. The molecule has 2 heteroatoms. The zero-order chi connectivity index (χ0) is 14.4. The largest absolute Gasteiger partial charge is 0.350 e. The van der Waals surface area contributed by atoms with Gasteiger partial charge in [-0.05, 0) is 26.2 Å². The van der Waals surface area contributed by atoms with Crippen LogP contribution in [0.2, 0.25) is 0 Å². The highest BCUT2D eigenvalue weighted by Crippen LogP contribution is 2.22. The SMILES string of the molecule is CCCCCCCC(C)(OCCCC)OCCCC. The summed E-state index contributed by atoms with van der Waals surface area (Å²) in [5.74, 6) is -0.351. The summed E-state index contributed by atoms with van der Waals surface area (Å²) >= 11 is 0. The molecule has 0 aliphatic carbocycles. The van der Waals surface area contributed by atoms with Crippen molar-refractivity contribution in [3.63, 3.8) is 0 Å². The normalized spacial score (nSPS) is 12.0. The van der Waals surface area contributed by atoms with Gasteiger partial charge in [-0.25, -0.2) is 0 Å². The first-order valence-electron chi connectivity index (χ1n) is 8.46. The van der Waals surface area contributed by atoms with Gasteiger partial charge in [-0.15, -0.1) is 0 Å². The van der Waals surface area contributed by atoms with Crippen molar-refractivity contribution in [1.29, 1.82) is 0 Å². The molecule has 0 amide bonds.